The highest BCUT2D eigenvalue weighted by Gasteiger charge is 2.40. The predicted octanol–water partition coefficient (Wildman–Crippen LogP) is 4.83. The molecule has 1 aliphatic rings. The minimum absolute atomic E-state index is 0.00252. The van der Waals surface area contributed by atoms with Crippen LogP contribution in [0.2, 0.25) is 0 Å². The van der Waals surface area contributed by atoms with Gasteiger partial charge in [0.1, 0.15) is 22.8 Å². The van der Waals surface area contributed by atoms with E-state index in [4.69, 9.17) is 15.3 Å². The number of nitrogens with zero attached hydrogens (tertiary/aromatic N) is 3. The summed E-state index contributed by atoms with van der Waals surface area (Å²) >= 11 is 1.09. The third kappa shape index (κ3) is 21.9. The number of aromatic nitrogens is 1. The Hall–Kier alpha value is -6.82. The number of amides is 7. The van der Waals surface area contributed by atoms with Gasteiger partial charge in [-0.15, -0.1) is 11.3 Å². The standard InChI is InChI=1S/C58H86N10O12S/c1-10-12-18-27-79-68(56(76)51(37(5)11-2)66-54(75)45-21-16-17-26-67(45)9)46(36(3)4)30-47(80-38(6)69)55-65-44(35-81-55)53(74)63-42(31-58(7,8)57(77)78)28-40-22-24-41(25-23-40)62-49(71)34-61-52(73)43(29-39-19-14-13-15-20-39)64-50(72)33-60-48(70)32-59/h13-15,19-20,22-25,35-37,42-43,45-47,51H,10-12,16-18,21,26-34,59H2,1-9H3,(H,60,70)(H,61,73)(H,62,71)(H,63,74)(H,64,72)(H,66,75)(H,77,78)/t37-,42-,43-,45+,46+,47+,51-/m0/s1. The number of piperidine rings is 1. The number of carboxylic acids is 1. The minimum Gasteiger partial charge on any atom is -0.481 e. The number of likely N-dealkylation sites (tertiary alicyclic amines) is 1. The van der Waals surface area contributed by atoms with Gasteiger partial charge in [0.15, 0.2) is 6.10 Å². The fourth-order valence-corrected chi connectivity index (χ4v) is 10.1. The van der Waals surface area contributed by atoms with Gasteiger partial charge in [0.05, 0.1) is 43.7 Å². The molecule has 4 rings (SSSR count). The third-order valence-corrected chi connectivity index (χ3v) is 15.2. The molecule has 1 fully saturated rings. The molecule has 3 aromatic rings. The summed E-state index contributed by atoms with van der Waals surface area (Å²) < 4.78 is 5.91. The Labute approximate surface area is 480 Å². The molecule has 9 N–H and O–H groups in total. The zero-order valence-electron chi connectivity index (χ0n) is 48.5. The molecule has 0 bridgehead atoms. The van der Waals surface area contributed by atoms with Gasteiger partial charge in [-0.3, -0.25) is 52.9 Å². The first-order valence-electron chi connectivity index (χ1n) is 28.1. The molecule has 2 heterocycles. The van der Waals surface area contributed by atoms with Gasteiger partial charge in [0, 0.05) is 36.9 Å². The molecule has 23 heteroatoms. The molecule has 0 aliphatic carbocycles. The molecule has 1 aromatic heterocycles. The number of hydrogen-bond acceptors (Lipinski definition) is 15. The molecule has 0 radical (unpaired) electrons. The van der Waals surface area contributed by atoms with E-state index in [0.29, 0.717) is 30.5 Å². The number of likely N-dealkylation sites (N-methyl/N-ethyl adjacent to an activating group) is 1. The van der Waals surface area contributed by atoms with Crippen molar-refractivity contribution in [1.82, 2.24) is 41.5 Å². The number of carboxylic acid groups (broad SMARTS) is 1. The first kappa shape index (κ1) is 66.7. The van der Waals surface area contributed by atoms with Crippen LogP contribution in [-0.2, 0) is 60.8 Å². The number of nitrogens with one attached hydrogen (secondary N) is 6. The number of anilines is 1. The number of hydroxylamine groups is 2. The van der Waals surface area contributed by atoms with E-state index < -0.39 is 96.2 Å². The van der Waals surface area contributed by atoms with Gasteiger partial charge < -0.3 is 47.5 Å². The zero-order valence-corrected chi connectivity index (χ0v) is 49.3. The second-order valence-corrected chi connectivity index (χ2v) is 22.7. The Morgan fingerprint density at radius 1 is 0.864 bits per heavy atom. The normalized spacial score (nSPS) is 15.9. The zero-order chi connectivity index (χ0) is 59.8. The largest absolute Gasteiger partial charge is 0.481 e. The molecule has 0 unspecified atom stereocenters. The summed E-state index contributed by atoms with van der Waals surface area (Å²) in [6.45, 7) is 14.0. The number of hydrogen-bond donors (Lipinski definition) is 8. The maximum Gasteiger partial charge on any atom is 0.309 e. The van der Waals surface area contributed by atoms with E-state index in [2.05, 4.69) is 43.8 Å². The van der Waals surface area contributed by atoms with Gasteiger partial charge in [-0.2, -0.15) is 0 Å². The van der Waals surface area contributed by atoms with E-state index in [1.54, 1.807) is 68.4 Å². The van der Waals surface area contributed by atoms with Crippen LogP contribution < -0.4 is 37.6 Å². The van der Waals surface area contributed by atoms with Gasteiger partial charge in [-0.25, -0.2) is 10.0 Å². The summed E-state index contributed by atoms with van der Waals surface area (Å²) in [6, 6.07) is 11.8. The van der Waals surface area contributed by atoms with Crippen LogP contribution in [0.5, 0.6) is 0 Å². The number of thiazole rings is 1. The predicted molar refractivity (Wildman–Crippen MR) is 307 cm³/mol. The summed E-state index contributed by atoms with van der Waals surface area (Å²) in [5, 5.41) is 29.6. The average Bonchev–Trinajstić information content (AvgIpc) is 3.98. The highest BCUT2D eigenvalue weighted by atomic mass is 32.1. The number of benzene rings is 2. The molecular weight excluding hydrogens is 1060 g/mol. The number of aliphatic carboxylic acids is 1. The molecule has 22 nitrogen and oxygen atoms in total. The van der Waals surface area contributed by atoms with E-state index in [0.717, 1.165) is 49.1 Å². The molecule has 1 aliphatic heterocycles. The Balaban J connectivity index is 1.50. The number of nitrogens with two attached hydrogens (primary N) is 1. The van der Waals surface area contributed by atoms with Crippen molar-refractivity contribution >= 4 is 70.3 Å². The number of rotatable bonds is 33. The Kier molecular flexibility index (Phi) is 27.3. The van der Waals surface area contributed by atoms with Crippen LogP contribution >= 0.6 is 11.3 Å². The third-order valence-electron chi connectivity index (χ3n) is 14.3. The fourth-order valence-electron chi connectivity index (χ4n) is 9.31. The summed E-state index contributed by atoms with van der Waals surface area (Å²) in [4.78, 5) is 132. The van der Waals surface area contributed by atoms with Crippen molar-refractivity contribution in [3.05, 3.63) is 81.8 Å². The van der Waals surface area contributed by atoms with Gasteiger partial charge in [0.2, 0.25) is 29.5 Å². The Morgan fingerprint density at radius 3 is 2.16 bits per heavy atom. The Morgan fingerprint density at radius 2 is 1.54 bits per heavy atom. The lowest BCUT2D eigenvalue weighted by molar-refractivity contribution is -0.213. The molecule has 0 spiro atoms. The SMILES string of the molecule is CCCCCON(C(=O)[C@@H](NC(=O)[C@H]1CCCCN1C)[C@@H](C)CC)[C@H](C[C@@H](OC(C)=O)c1nc(C(=O)N[C@@H](Cc2ccc(NC(=O)CNC(=O)[C@H](Cc3ccccc3)NC(=O)CNC(=O)CN)cc2)CC(C)(C)C(=O)O)cs1)C(C)C. The van der Waals surface area contributed by atoms with Crippen molar-refractivity contribution in [2.75, 3.05) is 45.2 Å². The van der Waals surface area contributed by atoms with Crippen molar-refractivity contribution in [3.8, 4) is 0 Å². The van der Waals surface area contributed by atoms with Gasteiger partial charge in [0.25, 0.3) is 11.8 Å². The van der Waals surface area contributed by atoms with Crippen LogP contribution in [0.1, 0.15) is 146 Å². The molecule has 7 atom stereocenters. The van der Waals surface area contributed by atoms with Gasteiger partial charge >= 0.3 is 11.9 Å². The highest BCUT2D eigenvalue weighted by molar-refractivity contribution is 7.09. The van der Waals surface area contributed by atoms with Gasteiger partial charge in [-0.1, -0.05) is 103 Å². The molecule has 81 heavy (non-hydrogen) atoms. The second-order valence-electron chi connectivity index (χ2n) is 21.8. The average molecular weight is 1150 g/mol. The lowest BCUT2D eigenvalue weighted by Gasteiger charge is -2.39. The number of ether oxygens (including phenoxy) is 1. The monoisotopic (exact) mass is 1150 g/mol. The van der Waals surface area contributed by atoms with Crippen molar-refractivity contribution < 1.29 is 57.8 Å². The number of esters is 1. The van der Waals surface area contributed by atoms with Crippen LogP contribution in [0.3, 0.4) is 0 Å². The number of carbonyl (C=O) groups is 9. The molecule has 2 aromatic carbocycles. The lowest BCUT2D eigenvalue weighted by atomic mass is 9.84. The van der Waals surface area contributed by atoms with Crippen LogP contribution in [0.25, 0.3) is 0 Å². The maximum atomic E-state index is 14.9. The lowest BCUT2D eigenvalue weighted by Crippen LogP contribution is -2.58. The molecule has 446 valence electrons. The second kappa shape index (κ2) is 33.2. The number of carbonyl (C=O) groups excluding carboxylic acids is 8. The maximum absolute atomic E-state index is 14.9. The topological polar surface area (TPSA) is 310 Å². The molecule has 0 saturated carbocycles. The number of unbranched alkanes of at least 4 members (excludes halogenated alkanes) is 2. The van der Waals surface area contributed by atoms with Crippen molar-refractivity contribution in [3.63, 3.8) is 0 Å². The molecular formula is C58H86N10O12S. The van der Waals surface area contributed by atoms with E-state index in [-0.39, 0.29) is 73.3 Å². The van der Waals surface area contributed by atoms with Crippen LogP contribution in [0.4, 0.5) is 5.69 Å². The van der Waals surface area contributed by atoms with Crippen LogP contribution in [0.15, 0.2) is 60.0 Å². The van der Waals surface area contributed by atoms with E-state index in [1.165, 1.54) is 17.4 Å². The summed E-state index contributed by atoms with van der Waals surface area (Å²) in [7, 11) is 1.92. The van der Waals surface area contributed by atoms with Crippen LogP contribution in [0, 0.1) is 17.3 Å². The molecule has 7 amide bonds. The summed E-state index contributed by atoms with van der Waals surface area (Å²) in [6.07, 6.45) is 4.98. The minimum atomic E-state index is -1.27. The fraction of sp³-hybridized carbons (Fsp3) is 0.586. The van der Waals surface area contributed by atoms with Gasteiger partial charge in [-0.05, 0) is 94.6 Å². The van der Waals surface area contributed by atoms with Crippen molar-refractivity contribution in [2.24, 2.45) is 23.0 Å². The van der Waals surface area contributed by atoms with E-state index in [9.17, 15) is 48.3 Å². The first-order valence-corrected chi connectivity index (χ1v) is 28.9. The summed E-state index contributed by atoms with van der Waals surface area (Å²) in [5.41, 5.74) is 5.85. The molecule has 1 saturated heterocycles. The first-order chi connectivity index (χ1) is 38.5. The van der Waals surface area contributed by atoms with E-state index in [1.807, 2.05) is 39.6 Å². The smallest absolute Gasteiger partial charge is 0.309 e. The Bertz CT molecular complexity index is 2560. The van der Waals surface area contributed by atoms with Crippen LogP contribution in [-0.4, -0.2) is 143 Å². The summed E-state index contributed by atoms with van der Waals surface area (Å²) in [5.74, 6) is -5.78. The quantitative estimate of drug-likeness (QED) is 0.0230. The van der Waals surface area contributed by atoms with E-state index >= 15 is 0 Å². The van der Waals surface area contributed by atoms with Crippen molar-refractivity contribution in [2.45, 2.75) is 162 Å². The van der Waals surface area contributed by atoms with Crippen molar-refractivity contribution in [1.29, 1.82) is 0 Å². The highest BCUT2D eigenvalue weighted by Crippen LogP contribution is 2.33.